The van der Waals surface area contributed by atoms with Crippen molar-refractivity contribution in [3.8, 4) is 10.8 Å². The van der Waals surface area contributed by atoms with E-state index in [1.54, 1.807) is 30.1 Å². The molecule has 3 heterocycles. The van der Waals surface area contributed by atoms with Gasteiger partial charge in [0.05, 0.1) is 5.69 Å². The van der Waals surface area contributed by atoms with E-state index in [1.165, 1.54) is 11.3 Å². The second-order valence-corrected chi connectivity index (χ2v) is 6.25. The average Bonchev–Trinajstić information content (AvgIpc) is 3.25. The van der Waals surface area contributed by atoms with Crippen LogP contribution in [0.5, 0.6) is 0 Å². The number of carbonyl (C=O) groups is 1. The van der Waals surface area contributed by atoms with E-state index >= 15 is 0 Å². The number of tetrazole rings is 1. The molecule has 0 aliphatic heterocycles. The summed E-state index contributed by atoms with van der Waals surface area (Å²) >= 11 is 1.21. The van der Waals surface area contributed by atoms with E-state index in [2.05, 4.69) is 37.4 Å². The number of esters is 1. The van der Waals surface area contributed by atoms with Crippen LogP contribution in [0.15, 0.2) is 18.5 Å². The summed E-state index contributed by atoms with van der Waals surface area (Å²) in [5, 5.41) is 12.0. The summed E-state index contributed by atoms with van der Waals surface area (Å²) in [6.07, 6.45) is 5.25. The largest absolute Gasteiger partial charge is 0.453 e. The zero-order valence-corrected chi connectivity index (χ0v) is 14.7. The van der Waals surface area contributed by atoms with Crippen LogP contribution >= 0.6 is 11.3 Å². The van der Waals surface area contributed by atoms with Gasteiger partial charge in [-0.3, -0.25) is 0 Å². The Morgan fingerprint density at radius 3 is 2.88 bits per heavy atom. The van der Waals surface area contributed by atoms with Crippen molar-refractivity contribution in [1.82, 2.24) is 35.2 Å². The van der Waals surface area contributed by atoms with Crippen molar-refractivity contribution in [2.24, 2.45) is 0 Å². The van der Waals surface area contributed by atoms with Crippen molar-refractivity contribution in [2.75, 3.05) is 0 Å². The van der Waals surface area contributed by atoms with Crippen LogP contribution in [-0.4, -0.2) is 41.1 Å². The van der Waals surface area contributed by atoms with Crippen LogP contribution in [-0.2, 0) is 17.9 Å². The predicted octanol–water partition coefficient (Wildman–Crippen LogP) is 2.05. The minimum Gasteiger partial charge on any atom is -0.453 e. The molecule has 130 valence electrons. The minimum absolute atomic E-state index is 0.0179. The van der Waals surface area contributed by atoms with Gasteiger partial charge in [-0.25, -0.2) is 24.4 Å². The summed E-state index contributed by atoms with van der Waals surface area (Å²) in [6.45, 7) is 4.56. The first-order chi connectivity index (χ1) is 12.2. The molecule has 0 N–H and O–H groups in total. The number of ether oxygens (including phenoxy) is 1. The van der Waals surface area contributed by atoms with E-state index in [-0.39, 0.29) is 6.61 Å². The summed E-state index contributed by atoms with van der Waals surface area (Å²) < 4.78 is 7.00. The molecule has 0 aromatic carbocycles. The van der Waals surface area contributed by atoms with Crippen LogP contribution in [0.2, 0.25) is 0 Å². The van der Waals surface area contributed by atoms with Crippen LogP contribution in [0, 0.1) is 6.92 Å². The Kier molecular flexibility index (Phi) is 5.39. The molecule has 0 aliphatic rings. The molecule has 0 bridgehead atoms. The van der Waals surface area contributed by atoms with Crippen molar-refractivity contribution >= 4 is 17.3 Å². The van der Waals surface area contributed by atoms with Gasteiger partial charge >= 0.3 is 5.97 Å². The van der Waals surface area contributed by atoms with Crippen molar-refractivity contribution < 1.29 is 9.53 Å². The minimum atomic E-state index is -0.456. The highest BCUT2D eigenvalue weighted by Gasteiger charge is 2.19. The maximum Gasteiger partial charge on any atom is 0.350 e. The fourth-order valence-electron chi connectivity index (χ4n) is 2.09. The number of thiazole rings is 1. The number of carbonyl (C=O) groups excluding carboxylic acids is 1. The molecule has 0 unspecified atom stereocenters. The molecule has 0 radical (unpaired) electrons. The summed E-state index contributed by atoms with van der Waals surface area (Å²) in [5.41, 5.74) is 0.586. The number of rotatable bonds is 7. The van der Waals surface area contributed by atoms with Gasteiger partial charge in [0.1, 0.15) is 4.88 Å². The SMILES string of the molecule is CCCCn1nnnc1COC(=O)c1sc(-c2ncccn2)nc1C. The standard InChI is InChI=1S/C15H17N7O2S/c1-3-4-8-22-11(19-20-21-22)9-24-15(23)12-10(2)18-14(25-12)13-16-6-5-7-17-13/h5-7H,3-4,8-9H2,1-2H3. The van der Waals surface area contributed by atoms with Gasteiger partial charge in [-0.15, -0.1) is 16.4 Å². The molecule has 3 aromatic rings. The highest BCUT2D eigenvalue weighted by atomic mass is 32.1. The Bertz CT molecular complexity index is 847. The third kappa shape index (κ3) is 4.02. The van der Waals surface area contributed by atoms with Gasteiger partial charge in [-0.2, -0.15) is 0 Å². The summed E-state index contributed by atoms with van der Waals surface area (Å²) in [4.78, 5) is 25.4. The quantitative estimate of drug-likeness (QED) is 0.590. The third-order valence-corrected chi connectivity index (χ3v) is 4.53. The molecule has 0 aliphatic carbocycles. The lowest BCUT2D eigenvalue weighted by molar-refractivity contribution is 0.0461. The van der Waals surface area contributed by atoms with E-state index in [9.17, 15) is 4.79 Å². The van der Waals surface area contributed by atoms with E-state index in [0.29, 0.717) is 33.8 Å². The lowest BCUT2D eigenvalue weighted by atomic mass is 10.3. The van der Waals surface area contributed by atoms with E-state index in [0.717, 1.165) is 12.8 Å². The average molecular weight is 359 g/mol. The van der Waals surface area contributed by atoms with E-state index in [4.69, 9.17) is 4.74 Å². The zero-order valence-electron chi connectivity index (χ0n) is 13.9. The monoisotopic (exact) mass is 359 g/mol. The van der Waals surface area contributed by atoms with E-state index in [1.807, 2.05) is 0 Å². The van der Waals surface area contributed by atoms with Gasteiger partial charge in [0.15, 0.2) is 23.3 Å². The van der Waals surface area contributed by atoms with Crippen molar-refractivity contribution in [3.63, 3.8) is 0 Å². The van der Waals surface area contributed by atoms with Crippen molar-refractivity contribution in [1.29, 1.82) is 0 Å². The van der Waals surface area contributed by atoms with Gasteiger partial charge in [0.2, 0.25) is 0 Å². The smallest absolute Gasteiger partial charge is 0.350 e. The van der Waals surface area contributed by atoms with Crippen molar-refractivity contribution in [2.45, 2.75) is 39.8 Å². The summed E-state index contributed by atoms with van der Waals surface area (Å²) in [7, 11) is 0. The number of aryl methyl sites for hydroxylation is 2. The van der Waals surface area contributed by atoms with Gasteiger partial charge in [-0.1, -0.05) is 13.3 Å². The topological polar surface area (TPSA) is 109 Å². The maximum atomic E-state index is 12.4. The van der Waals surface area contributed by atoms with Crippen LogP contribution in [0.25, 0.3) is 10.8 Å². The number of hydrogen-bond donors (Lipinski definition) is 0. The Labute approximate surface area is 148 Å². The van der Waals surface area contributed by atoms with Crippen molar-refractivity contribution in [3.05, 3.63) is 34.9 Å². The van der Waals surface area contributed by atoms with Crippen LogP contribution in [0.4, 0.5) is 0 Å². The molecule has 25 heavy (non-hydrogen) atoms. The first-order valence-corrected chi connectivity index (χ1v) is 8.67. The molecule has 0 spiro atoms. The lowest BCUT2D eigenvalue weighted by Crippen LogP contribution is -2.11. The molecule has 3 rings (SSSR count). The van der Waals surface area contributed by atoms with Crippen LogP contribution in [0.3, 0.4) is 0 Å². The molecule has 0 amide bonds. The zero-order chi connectivity index (χ0) is 17.6. The predicted molar refractivity (Wildman–Crippen MR) is 89.7 cm³/mol. The molecule has 3 aromatic heterocycles. The fraction of sp³-hybridized carbons (Fsp3) is 0.400. The molecule has 10 heteroatoms. The van der Waals surface area contributed by atoms with Crippen LogP contribution in [0.1, 0.15) is 41.0 Å². The Morgan fingerprint density at radius 2 is 2.12 bits per heavy atom. The van der Waals surface area contributed by atoms with E-state index < -0.39 is 5.97 Å². The molecule has 0 saturated carbocycles. The highest BCUT2D eigenvalue weighted by Crippen LogP contribution is 2.25. The molecule has 0 atom stereocenters. The second-order valence-electron chi connectivity index (χ2n) is 5.25. The second kappa shape index (κ2) is 7.88. The summed E-state index contributed by atoms with van der Waals surface area (Å²) in [5.74, 6) is 0.552. The molecule has 0 saturated heterocycles. The number of aromatic nitrogens is 7. The van der Waals surface area contributed by atoms with Gasteiger partial charge in [0, 0.05) is 18.9 Å². The molecular formula is C15H17N7O2S. The maximum absolute atomic E-state index is 12.4. The number of nitrogens with zero attached hydrogens (tertiary/aromatic N) is 7. The number of hydrogen-bond acceptors (Lipinski definition) is 9. The van der Waals surface area contributed by atoms with Crippen LogP contribution < -0.4 is 0 Å². The fourth-order valence-corrected chi connectivity index (χ4v) is 3.00. The molecular weight excluding hydrogens is 342 g/mol. The Balaban J connectivity index is 1.68. The molecule has 0 fully saturated rings. The summed E-state index contributed by atoms with van der Waals surface area (Å²) in [6, 6.07) is 1.72. The normalized spacial score (nSPS) is 10.8. The lowest BCUT2D eigenvalue weighted by Gasteiger charge is -2.04. The number of unbranched alkanes of at least 4 members (excludes halogenated alkanes) is 1. The van der Waals surface area contributed by atoms with Gasteiger partial charge in [0.25, 0.3) is 0 Å². The van der Waals surface area contributed by atoms with Gasteiger partial charge in [-0.05, 0) is 29.8 Å². The highest BCUT2D eigenvalue weighted by molar-refractivity contribution is 7.16. The molecule has 9 nitrogen and oxygen atoms in total. The first-order valence-electron chi connectivity index (χ1n) is 7.86. The first kappa shape index (κ1) is 17.1. The Hall–Kier alpha value is -2.75. The Morgan fingerprint density at radius 1 is 1.32 bits per heavy atom. The van der Waals surface area contributed by atoms with Gasteiger partial charge < -0.3 is 4.74 Å². The third-order valence-electron chi connectivity index (χ3n) is 3.40.